The number of carbonyl (C=O) groups is 2. The van der Waals surface area contributed by atoms with Crippen LogP contribution >= 0.6 is 0 Å². The molecular weight excluding hydrogens is 370 g/mol. The van der Waals surface area contributed by atoms with Gasteiger partial charge in [0.05, 0.1) is 5.92 Å². The van der Waals surface area contributed by atoms with Crippen molar-refractivity contribution >= 4 is 11.9 Å². The normalized spacial score (nSPS) is 16.6. The van der Waals surface area contributed by atoms with Gasteiger partial charge in [0, 0.05) is 25.4 Å². The summed E-state index contributed by atoms with van der Waals surface area (Å²) in [6.07, 6.45) is 5.47. The SMILES string of the molecule is CCCC(C(=O)O)C(Cc1ccc(CCN2CCCCC2=O)cc1)c1nn[nH]n1. The highest BCUT2D eigenvalue weighted by Crippen LogP contribution is 2.30. The van der Waals surface area contributed by atoms with E-state index in [9.17, 15) is 14.7 Å². The molecule has 1 aromatic heterocycles. The minimum absolute atomic E-state index is 0.256. The number of hydrogen-bond acceptors (Lipinski definition) is 5. The number of nitrogens with one attached hydrogen (secondary N) is 1. The third-order valence-corrected chi connectivity index (χ3v) is 5.67. The molecule has 0 saturated carbocycles. The van der Waals surface area contributed by atoms with Crippen LogP contribution in [-0.4, -0.2) is 55.6 Å². The fraction of sp³-hybridized carbons (Fsp3) is 0.571. The number of aromatic amines is 1. The van der Waals surface area contributed by atoms with Crippen molar-refractivity contribution < 1.29 is 14.7 Å². The van der Waals surface area contributed by atoms with E-state index in [1.54, 1.807) is 0 Å². The number of amides is 1. The number of aromatic nitrogens is 4. The van der Waals surface area contributed by atoms with Crippen molar-refractivity contribution in [1.29, 1.82) is 0 Å². The quantitative estimate of drug-likeness (QED) is 0.635. The average Bonchev–Trinajstić information content (AvgIpc) is 3.25. The molecule has 2 atom stereocenters. The van der Waals surface area contributed by atoms with E-state index in [1.165, 1.54) is 5.56 Å². The Morgan fingerprint density at radius 2 is 2.00 bits per heavy atom. The first-order chi connectivity index (χ1) is 14.1. The second-order valence-corrected chi connectivity index (χ2v) is 7.72. The molecule has 2 aromatic rings. The second-order valence-electron chi connectivity index (χ2n) is 7.72. The van der Waals surface area contributed by atoms with E-state index in [4.69, 9.17) is 0 Å². The second kappa shape index (κ2) is 10.1. The predicted octanol–water partition coefficient (Wildman–Crippen LogP) is 2.58. The van der Waals surface area contributed by atoms with Crippen LogP contribution in [0, 0.1) is 5.92 Å². The lowest BCUT2D eigenvalue weighted by Crippen LogP contribution is -2.36. The Kier molecular flexibility index (Phi) is 7.32. The number of carboxylic acids is 1. The molecule has 0 radical (unpaired) electrons. The summed E-state index contributed by atoms with van der Waals surface area (Å²) in [5, 5.41) is 23.9. The lowest BCUT2D eigenvalue weighted by atomic mass is 9.83. The van der Waals surface area contributed by atoms with Crippen LogP contribution in [0.3, 0.4) is 0 Å². The minimum Gasteiger partial charge on any atom is -0.481 e. The standard InChI is InChI=1S/C21H29N5O3/c1-2-5-17(21(28)29)18(20-22-24-25-23-20)14-16-9-7-15(8-10-16)11-13-26-12-4-3-6-19(26)27/h7-10,17-18H,2-6,11-14H2,1H3,(H,28,29)(H,22,23,24,25). The summed E-state index contributed by atoms with van der Waals surface area (Å²) in [7, 11) is 0. The van der Waals surface area contributed by atoms with Crippen LogP contribution in [0.5, 0.6) is 0 Å². The van der Waals surface area contributed by atoms with Crippen molar-refractivity contribution in [3.63, 3.8) is 0 Å². The van der Waals surface area contributed by atoms with Crippen molar-refractivity contribution in [2.45, 2.75) is 57.8 Å². The van der Waals surface area contributed by atoms with E-state index in [2.05, 4.69) is 32.8 Å². The maximum atomic E-state index is 11.9. The molecular formula is C21H29N5O3. The number of aliphatic carboxylic acids is 1. The van der Waals surface area contributed by atoms with Gasteiger partial charge in [0.25, 0.3) is 0 Å². The highest BCUT2D eigenvalue weighted by atomic mass is 16.4. The van der Waals surface area contributed by atoms with Crippen molar-refractivity contribution in [3.05, 3.63) is 41.2 Å². The Hall–Kier alpha value is -2.77. The van der Waals surface area contributed by atoms with Crippen LogP contribution in [0.4, 0.5) is 0 Å². The van der Waals surface area contributed by atoms with Gasteiger partial charge in [-0.3, -0.25) is 9.59 Å². The first-order valence-electron chi connectivity index (χ1n) is 10.4. The van der Waals surface area contributed by atoms with E-state index >= 15 is 0 Å². The number of piperidine rings is 1. The number of rotatable bonds is 10. The zero-order valence-electron chi connectivity index (χ0n) is 16.9. The smallest absolute Gasteiger partial charge is 0.307 e. The third kappa shape index (κ3) is 5.62. The Labute approximate surface area is 170 Å². The largest absolute Gasteiger partial charge is 0.481 e. The van der Waals surface area contributed by atoms with Gasteiger partial charge in [-0.2, -0.15) is 5.21 Å². The Bertz CT molecular complexity index is 791. The molecule has 2 N–H and O–H groups in total. The molecule has 156 valence electrons. The Morgan fingerprint density at radius 1 is 1.24 bits per heavy atom. The molecule has 29 heavy (non-hydrogen) atoms. The minimum atomic E-state index is -0.829. The summed E-state index contributed by atoms with van der Waals surface area (Å²) >= 11 is 0. The zero-order chi connectivity index (χ0) is 20.6. The maximum absolute atomic E-state index is 11.9. The molecule has 1 amide bonds. The summed E-state index contributed by atoms with van der Waals surface area (Å²) < 4.78 is 0. The lowest BCUT2D eigenvalue weighted by molar-refractivity contribution is -0.143. The van der Waals surface area contributed by atoms with Gasteiger partial charge in [0.15, 0.2) is 5.82 Å². The predicted molar refractivity (Wildman–Crippen MR) is 107 cm³/mol. The number of nitrogens with zero attached hydrogens (tertiary/aromatic N) is 4. The van der Waals surface area contributed by atoms with Crippen molar-refractivity contribution in [3.8, 4) is 0 Å². The highest BCUT2D eigenvalue weighted by Gasteiger charge is 2.32. The van der Waals surface area contributed by atoms with Gasteiger partial charge in [-0.15, -0.1) is 10.2 Å². The third-order valence-electron chi connectivity index (χ3n) is 5.67. The average molecular weight is 399 g/mol. The first-order valence-corrected chi connectivity index (χ1v) is 10.4. The Balaban J connectivity index is 1.65. The molecule has 0 spiro atoms. The number of H-pyrrole nitrogens is 1. The zero-order valence-corrected chi connectivity index (χ0v) is 16.9. The van der Waals surface area contributed by atoms with E-state index < -0.39 is 11.9 Å². The van der Waals surface area contributed by atoms with Crippen molar-refractivity contribution in [2.24, 2.45) is 5.92 Å². The van der Waals surface area contributed by atoms with Crippen molar-refractivity contribution in [1.82, 2.24) is 25.5 Å². The van der Waals surface area contributed by atoms with Crippen LogP contribution in [0.1, 0.15) is 61.9 Å². The van der Waals surface area contributed by atoms with Crippen molar-refractivity contribution in [2.75, 3.05) is 13.1 Å². The topological polar surface area (TPSA) is 112 Å². The lowest BCUT2D eigenvalue weighted by Gasteiger charge is -2.26. The molecule has 0 bridgehead atoms. The van der Waals surface area contributed by atoms with E-state index in [-0.39, 0.29) is 11.8 Å². The highest BCUT2D eigenvalue weighted by molar-refractivity contribution is 5.76. The van der Waals surface area contributed by atoms with E-state index in [1.807, 2.05) is 24.0 Å². The van der Waals surface area contributed by atoms with Gasteiger partial charge in [-0.05, 0) is 43.2 Å². The number of benzene rings is 1. The monoisotopic (exact) mass is 399 g/mol. The molecule has 0 aliphatic carbocycles. The fourth-order valence-electron chi connectivity index (χ4n) is 4.01. The van der Waals surface area contributed by atoms with Crippen LogP contribution < -0.4 is 0 Å². The molecule has 1 aliphatic rings. The van der Waals surface area contributed by atoms with Crippen LogP contribution in [0.25, 0.3) is 0 Å². The van der Waals surface area contributed by atoms with Gasteiger partial charge in [0.1, 0.15) is 0 Å². The number of hydrogen-bond donors (Lipinski definition) is 2. The summed E-state index contributed by atoms with van der Waals surface area (Å²) in [4.78, 5) is 25.7. The summed E-state index contributed by atoms with van der Waals surface area (Å²) in [6.45, 7) is 3.59. The summed E-state index contributed by atoms with van der Waals surface area (Å²) in [5.74, 6) is -1.01. The number of likely N-dealkylation sites (tertiary alicyclic amines) is 1. The maximum Gasteiger partial charge on any atom is 0.307 e. The molecule has 1 aromatic carbocycles. The molecule has 3 rings (SSSR count). The van der Waals surface area contributed by atoms with Gasteiger partial charge in [0.2, 0.25) is 5.91 Å². The molecule has 1 aliphatic heterocycles. The molecule has 1 saturated heterocycles. The Morgan fingerprint density at radius 3 is 2.62 bits per heavy atom. The number of carboxylic acid groups (broad SMARTS) is 1. The molecule has 2 unspecified atom stereocenters. The molecule has 2 heterocycles. The summed E-state index contributed by atoms with van der Waals surface area (Å²) in [5.41, 5.74) is 2.21. The van der Waals surface area contributed by atoms with Crippen LogP contribution in [-0.2, 0) is 22.4 Å². The van der Waals surface area contributed by atoms with E-state index in [0.29, 0.717) is 25.1 Å². The molecule has 1 fully saturated rings. The molecule has 8 nitrogen and oxygen atoms in total. The van der Waals surface area contributed by atoms with E-state index in [0.717, 1.165) is 44.3 Å². The van der Waals surface area contributed by atoms with Gasteiger partial charge < -0.3 is 10.0 Å². The molecule has 8 heteroatoms. The summed E-state index contributed by atoms with van der Waals surface area (Å²) in [6, 6.07) is 8.19. The first kappa shape index (κ1) is 21.0. The number of carbonyl (C=O) groups excluding carboxylic acids is 1. The fourth-order valence-corrected chi connectivity index (χ4v) is 4.01. The van der Waals surface area contributed by atoms with Gasteiger partial charge in [-0.1, -0.05) is 42.8 Å². The van der Waals surface area contributed by atoms with Crippen LogP contribution in [0.15, 0.2) is 24.3 Å². The van der Waals surface area contributed by atoms with Crippen LogP contribution in [0.2, 0.25) is 0 Å². The number of tetrazole rings is 1. The van der Waals surface area contributed by atoms with Gasteiger partial charge >= 0.3 is 5.97 Å². The van der Waals surface area contributed by atoms with Gasteiger partial charge in [-0.25, -0.2) is 0 Å².